The van der Waals surface area contributed by atoms with Crippen LogP contribution in [0.15, 0.2) is 64.1 Å². The van der Waals surface area contributed by atoms with Crippen molar-refractivity contribution < 1.29 is 9.21 Å². The van der Waals surface area contributed by atoms with Gasteiger partial charge in [-0.05, 0) is 31.4 Å². The molecule has 144 valence electrons. The van der Waals surface area contributed by atoms with E-state index >= 15 is 0 Å². The van der Waals surface area contributed by atoms with Crippen molar-refractivity contribution in [3.05, 3.63) is 88.0 Å². The topological polar surface area (TPSA) is 79.2 Å². The molecule has 0 aliphatic carbocycles. The third kappa shape index (κ3) is 3.76. The van der Waals surface area contributed by atoms with E-state index in [0.717, 1.165) is 18.6 Å². The van der Waals surface area contributed by atoms with Gasteiger partial charge in [0.15, 0.2) is 0 Å². The number of pyridine rings is 1. The predicted octanol–water partition coefficient (Wildman–Crippen LogP) is 3.15. The van der Waals surface area contributed by atoms with Gasteiger partial charge in [0.05, 0.1) is 17.2 Å². The monoisotopic (exact) mass is 377 g/mol. The van der Waals surface area contributed by atoms with Gasteiger partial charge < -0.3 is 14.3 Å². The number of piperidine rings is 1. The first-order valence-electron chi connectivity index (χ1n) is 9.51. The number of nitrogens with zero attached hydrogens (tertiary/aromatic N) is 2. The highest BCUT2D eigenvalue weighted by molar-refractivity contribution is 5.94. The third-order valence-corrected chi connectivity index (χ3v) is 5.31. The van der Waals surface area contributed by atoms with Crippen LogP contribution in [0, 0.1) is 0 Å². The van der Waals surface area contributed by atoms with Gasteiger partial charge in [-0.15, -0.1) is 0 Å². The van der Waals surface area contributed by atoms with Crippen LogP contribution in [-0.4, -0.2) is 33.9 Å². The van der Waals surface area contributed by atoms with Crippen LogP contribution in [0.5, 0.6) is 0 Å². The lowest BCUT2D eigenvalue weighted by atomic mass is 9.81. The normalized spacial score (nSPS) is 19.5. The van der Waals surface area contributed by atoms with Crippen LogP contribution >= 0.6 is 0 Å². The first-order valence-corrected chi connectivity index (χ1v) is 9.51. The Balaban J connectivity index is 1.50. The molecule has 0 radical (unpaired) electrons. The fourth-order valence-electron chi connectivity index (χ4n) is 3.78. The zero-order valence-electron chi connectivity index (χ0n) is 15.9. The Morgan fingerprint density at radius 1 is 1.25 bits per heavy atom. The van der Waals surface area contributed by atoms with Crippen LogP contribution in [-0.2, 0) is 11.8 Å². The Morgan fingerprint density at radius 2 is 2.07 bits per heavy atom. The van der Waals surface area contributed by atoms with E-state index in [4.69, 9.17) is 4.42 Å². The number of aromatic amines is 1. The van der Waals surface area contributed by atoms with E-state index in [1.54, 1.807) is 12.3 Å². The molecule has 0 unspecified atom stereocenters. The Morgan fingerprint density at radius 3 is 2.82 bits per heavy atom. The summed E-state index contributed by atoms with van der Waals surface area (Å²) in [7, 11) is 0. The zero-order valence-corrected chi connectivity index (χ0v) is 15.9. The van der Waals surface area contributed by atoms with Gasteiger partial charge in [-0.3, -0.25) is 9.59 Å². The number of amides is 1. The summed E-state index contributed by atoms with van der Waals surface area (Å²) in [5.41, 5.74) is 1.12. The van der Waals surface area contributed by atoms with Gasteiger partial charge in [0, 0.05) is 31.8 Å². The second-order valence-corrected chi connectivity index (χ2v) is 7.63. The minimum Gasteiger partial charge on any atom is -0.445 e. The Kier molecular flexibility index (Phi) is 4.86. The molecule has 3 aromatic rings. The number of aromatic nitrogens is 2. The number of carbonyl (C=O) groups is 1. The van der Waals surface area contributed by atoms with Crippen molar-refractivity contribution in [1.29, 1.82) is 0 Å². The zero-order chi connectivity index (χ0) is 19.6. The van der Waals surface area contributed by atoms with E-state index in [1.165, 1.54) is 17.8 Å². The van der Waals surface area contributed by atoms with Crippen LogP contribution in [0.4, 0.5) is 0 Å². The molecule has 28 heavy (non-hydrogen) atoms. The molecule has 1 saturated heterocycles. The summed E-state index contributed by atoms with van der Waals surface area (Å²) >= 11 is 0. The highest BCUT2D eigenvalue weighted by Gasteiger charge is 2.38. The van der Waals surface area contributed by atoms with Crippen molar-refractivity contribution in [3.63, 3.8) is 0 Å². The smallest absolute Gasteiger partial charge is 0.255 e. The summed E-state index contributed by atoms with van der Waals surface area (Å²) in [6, 6.07) is 13.1. The lowest BCUT2D eigenvalue weighted by Crippen LogP contribution is -2.47. The van der Waals surface area contributed by atoms with E-state index in [9.17, 15) is 9.59 Å². The minimum atomic E-state index is -0.328. The average molecular weight is 377 g/mol. The van der Waals surface area contributed by atoms with Gasteiger partial charge in [-0.25, -0.2) is 4.98 Å². The van der Waals surface area contributed by atoms with Crippen molar-refractivity contribution in [2.45, 2.75) is 31.6 Å². The van der Waals surface area contributed by atoms with Crippen LogP contribution in [0.2, 0.25) is 0 Å². The van der Waals surface area contributed by atoms with E-state index in [-0.39, 0.29) is 16.9 Å². The second-order valence-electron chi connectivity index (χ2n) is 7.63. The van der Waals surface area contributed by atoms with Crippen molar-refractivity contribution in [3.8, 4) is 0 Å². The largest absolute Gasteiger partial charge is 0.445 e. The predicted molar refractivity (Wildman–Crippen MR) is 105 cm³/mol. The lowest BCUT2D eigenvalue weighted by Gasteiger charge is -2.38. The Bertz CT molecular complexity index is 1000. The molecular formula is C22H23N3O3. The maximum Gasteiger partial charge on any atom is 0.255 e. The van der Waals surface area contributed by atoms with Crippen LogP contribution in [0.25, 0.3) is 0 Å². The Labute approximate surface area is 163 Å². The number of H-pyrrole nitrogens is 1. The van der Waals surface area contributed by atoms with E-state index in [2.05, 4.69) is 29.0 Å². The fraction of sp³-hybridized carbons (Fsp3) is 0.318. The molecule has 0 saturated carbocycles. The maximum absolute atomic E-state index is 12.8. The molecule has 3 heterocycles. The first kappa shape index (κ1) is 18.2. The van der Waals surface area contributed by atoms with Crippen LogP contribution in [0.3, 0.4) is 0 Å². The lowest BCUT2D eigenvalue weighted by molar-refractivity contribution is 0.0625. The fourth-order valence-corrected chi connectivity index (χ4v) is 3.78. The standard InChI is InChI=1S/C22H23N3O3/c1-22(21-24-14-18(28-21)12-16-6-3-2-4-7-16)10-5-11-25(15-22)20(27)17-8-9-19(26)23-13-17/h2-4,6-9,13-14H,5,10-12,15H2,1H3,(H,23,26)/t22-/m0/s1. The molecule has 1 fully saturated rings. The number of nitrogens with one attached hydrogen (secondary N) is 1. The molecule has 6 heteroatoms. The van der Waals surface area contributed by atoms with Gasteiger partial charge in [-0.2, -0.15) is 0 Å². The molecule has 1 aliphatic heterocycles. The van der Waals surface area contributed by atoms with Gasteiger partial charge in [0.2, 0.25) is 11.4 Å². The summed E-state index contributed by atoms with van der Waals surface area (Å²) in [6.07, 6.45) is 5.75. The minimum absolute atomic E-state index is 0.0850. The number of carbonyl (C=O) groups excluding carboxylic acids is 1. The molecule has 1 amide bonds. The highest BCUT2D eigenvalue weighted by atomic mass is 16.4. The summed E-state index contributed by atoms with van der Waals surface area (Å²) in [5.74, 6) is 1.42. The molecule has 1 aromatic carbocycles. The summed E-state index contributed by atoms with van der Waals surface area (Å²) in [5, 5.41) is 0. The molecule has 2 aromatic heterocycles. The quantitative estimate of drug-likeness (QED) is 0.757. The van der Waals surface area contributed by atoms with Crippen molar-refractivity contribution >= 4 is 5.91 Å². The average Bonchev–Trinajstić information content (AvgIpc) is 3.18. The van der Waals surface area contributed by atoms with Crippen molar-refractivity contribution in [2.24, 2.45) is 0 Å². The third-order valence-electron chi connectivity index (χ3n) is 5.31. The number of hydrogen-bond acceptors (Lipinski definition) is 4. The molecule has 1 atom stereocenters. The first-order chi connectivity index (χ1) is 13.5. The van der Waals surface area contributed by atoms with Gasteiger partial charge in [0.25, 0.3) is 5.91 Å². The number of hydrogen-bond donors (Lipinski definition) is 1. The maximum atomic E-state index is 12.8. The van der Waals surface area contributed by atoms with Crippen LogP contribution in [0.1, 0.15) is 47.3 Å². The van der Waals surface area contributed by atoms with Gasteiger partial charge in [0.1, 0.15) is 5.76 Å². The highest BCUT2D eigenvalue weighted by Crippen LogP contribution is 2.34. The molecule has 0 spiro atoms. The number of oxazole rings is 1. The molecule has 4 rings (SSSR count). The molecule has 6 nitrogen and oxygen atoms in total. The number of benzene rings is 1. The molecule has 1 aliphatic rings. The number of likely N-dealkylation sites (tertiary alicyclic amines) is 1. The van der Waals surface area contributed by atoms with Gasteiger partial charge in [-0.1, -0.05) is 30.3 Å². The number of rotatable bonds is 4. The van der Waals surface area contributed by atoms with Crippen molar-refractivity contribution in [1.82, 2.24) is 14.9 Å². The molecule has 1 N–H and O–H groups in total. The van der Waals surface area contributed by atoms with E-state index in [0.29, 0.717) is 31.0 Å². The summed E-state index contributed by atoms with van der Waals surface area (Å²) in [4.78, 5) is 33.0. The van der Waals surface area contributed by atoms with E-state index < -0.39 is 0 Å². The second kappa shape index (κ2) is 7.46. The summed E-state index contributed by atoms with van der Waals surface area (Å²) < 4.78 is 6.08. The van der Waals surface area contributed by atoms with E-state index in [1.807, 2.05) is 23.1 Å². The van der Waals surface area contributed by atoms with Crippen molar-refractivity contribution in [2.75, 3.05) is 13.1 Å². The SMILES string of the molecule is C[C@]1(c2ncc(Cc3ccccc3)o2)CCCN(C(=O)c2ccc(=O)[nH]c2)C1. The summed E-state index contributed by atoms with van der Waals surface area (Å²) in [6.45, 7) is 3.32. The van der Waals surface area contributed by atoms with Crippen LogP contribution < -0.4 is 5.56 Å². The Hall–Kier alpha value is -3.15. The molecular weight excluding hydrogens is 354 g/mol. The molecule has 0 bridgehead atoms. The van der Waals surface area contributed by atoms with Gasteiger partial charge >= 0.3 is 0 Å².